The molecule has 0 saturated heterocycles. The van der Waals surface area contributed by atoms with Crippen LogP contribution in [0, 0.1) is 16.0 Å². The molecule has 1 aromatic rings. The van der Waals surface area contributed by atoms with Crippen molar-refractivity contribution in [3.63, 3.8) is 0 Å². The molecule has 0 aliphatic carbocycles. The van der Waals surface area contributed by atoms with Crippen LogP contribution in [0.3, 0.4) is 0 Å². The molecule has 1 aromatic heterocycles. The summed E-state index contributed by atoms with van der Waals surface area (Å²) in [7, 11) is 0. The summed E-state index contributed by atoms with van der Waals surface area (Å²) < 4.78 is 1.52. The number of aryl methyl sites for hydroxylation is 1. The average molecular weight is 277 g/mol. The van der Waals surface area contributed by atoms with Crippen molar-refractivity contribution in [2.24, 2.45) is 5.92 Å². The average Bonchev–Trinajstić information content (AvgIpc) is 2.63. The Morgan fingerprint density at radius 3 is 2.93 bits per heavy atom. The summed E-state index contributed by atoms with van der Waals surface area (Å²) in [6.45, 7) is 2.82. The maximum Gasteiger partial charge on any atom is 0.490 e. The summed E-state index contributed by atoms with van der Waals surface area (Å²) in [5.41, 5.74) is 0. The Morgan fingerprint density at radius 2 is 2.40 bits per heavy atom. The summed E-state index contributed by atoms with van der Waals surface area (Å²) >= 11 is 3.38. The Hall–Kier alpha value is -0.980. The summed E-state index contributed by atoms with van der Waals surface area (Å²) in [5.74, 6) is 0.246. The van der Waals surface area contributed by atoms with Gasteiger partial charge in [0.25, 0.3) is 0 Å². The van der Waals surface area contributed by atoms with Crippen molar-refractivity contribution in [2.75, 3.05) is 5.33 Å². The smallest absolute Gasteiger partial charge is 0.390 e. The van der Waals surface area contributed by atoms with E-state index in [-0.39, 0.29) is 5.95 Å². The monoisotopic (exact) mass is 276 g/mol. The lowest BCUT2D eigenvalue weighted by atomic mass is 10.1. The molecule has 1 rings (SSSR count). The fourth-order valence-electron chi connectivity index (χ4n) is 1.16. The Bertz CT molecular complexity index is 328. The van der Waals surface area contributed by atoms with E-state index in [1.54, 1.807) is 0 Å². The highest BCUT2D eigenvalue weighted by Gasteiger charge is 2.13. The molecular weight excluding hydrogens is 264 g/mol. The molecule has 0 fully saturated rings. The topological polar surface area (TPSA) is 73.8 Å². The van der Waals surface area contributed by atoms with E-state index in [0.29, 0.717) is 12.5 Å². The molecule has 0 radical (unpaired) electrons. The molecular formula is C8H13BrN4O2. The molecule has 0 amide bonds. The first-order valence-electron chi connectivity index (χ1n) is 4.73. The van der Waals surface area contributed by atoms with Gasteiger partial charge in [0, 0.05) is 10.4 Å². The summed E-state index contributed by atoms with van der Waals surface area (Å²) in [4.78, 5) is 13.3. The van der Waals surface area contributed by atoms with Gasteiger partial charge in [-0.3, -0.25) is 0 Å². The lowest BCUT2D eigenvalue weighted by molar-refractivity contribution is -0.394. The van der Waals surface area contributed by atoms with Crippen molar-refractivity contribution in [1.29, 1.82) is 0 Å². The quantitative estimate of drug-likeness (QED) is 0.453. The molecule has 0 saturated carbocycles. The summed E-state index contributed by atoms with van der Waals surface area (Å²) in [6, 6.07) is 0. The van der Waals surface area contributed by atoms with Gasteiger partial charge in [-0.05, 0) is 23.7 Å². The van der Waals surface area contributed by atoms with Crippen LogP contribution in [-0.4, -0.2) is 25.0 Å². The normalized spacial score (nSPS) is 12.7. The Morgan fingerprint density at radius 1 is 1.67 bits per heavy atom. The third kappa shape index (κ3) is 3.94. The highest BCUT2D eigenvalue weighted by Crippen LogP contribution is 2.10. The zero-order chi connectivity index (χ0) is 11.3. The van der Waals surface area contributed by atoms with Gasteiger partial charge in [0.05, 0.1) is 6.54 Å². The van der Waals surface area contributed by atoms with Crippen LogP contribution in [0.2, 0.25) is 0 Å². The first kappa shape index (κ1) is 12.1. The predicted molar refractivity (Wildman–Crippen MR) is 58.9 cm³/mol. The number of halogens is 1. The first-order chi connectivity index (χ1) is 7.13. The molecule has 1 unspecified atom stereocenters. The molecule has 1 atom stereocenters. The fourth-order valence-corrected chi connectivity index (χ4v) is 1.94. The molecule has 7 heteroatoms. The molecule has 15 heavy (non-hydrogen) atoms. The number of hydrogen-bond donors (Lipinski definition) is 0. The van der Waals surface area contributed by atoms with E-state index in [4.69, 9.17) is 0 Å². The Labute approximate surface area is 96.0 Å². The minimum absolute atomic E-state index is 0.330. The zero-order valence-corrected chi connectivity index (χ0v) is 10.1. The van der Waals surface area contributed by atoms with Crippen LogP contribution in [0.25, 0.3) is 0 Å². The van der Waals surface area contributed by atoms with E-state index >= 15 is 0 Å². The lowest BCUT2D eigenvalue weighted by Gasteiger charge is -2.06. The molecule has 0 bridgehead atoms. The van der Waals surface area contributed by atoms with Crippen molar-refractivity contribution in [3.8, 4) is 0 Å². The van der Waals surface area contributed by atoms with Gasteiger partial charge in [0.1, 0.15) is 0 Å². The van der Waals surface area contributed by atoms with Crippen LogP contribution in [0.1, 0.15) is 19.8 Å². The van der Waals surface area contributed by atoms with E-state index in [1.165, 1.54) is 11.0 Å². The van der Waals surface area contributed by atoms with E-state index in [1.807, 2.05) is 0 Å². The molecule has 0 aliphatic heterocycles. The Kier molecular flexibility index (Phi) is 4.67. The number of nitrogens with zero attached hydrogens (tertiary/aromatic N) is 4. The number of hydrogen-bond acceptors (Lipinski definition) is 4. The van der Waals surface area contributed by atoms with Crippen molar-refractivity contribution in [3.05, 3.63) is 16.4 Å². The second-order valence-electron chi connectivity index (χ2n) is 3.44. The Balaban J connectivity index is 2.40. The second-order valence-corrected chi connectivity index (χ2v) is 4.23. The minimum atomic E-state index is -0.585. The van der Waals surface area contributed by atoms with Gasteiger partial charge in [0.15, 0.2) is 0 Å². The van der Waals surface area contributed by atoms with Crippen LogP contribution in [0.5, 0.6) is 0 Å². The highest BCUT2D eigenvalue weighted by molar-refractivity contribution is 9.09. The second kappa shape index (κ2) is 5.79. The van der Waals surface area contributed by atoms with Gasteiger partial charge >= 0.3 is 5.95 Å². The molecule has 84 valence electrons. The van der Waals surface area contributed by atoms with E-state index < -0.39 is 4.92 Å². The number of rotatable bonds is 6. The molecule has 1 heterocycles. The van der Waals surface area contributed by atoms with Crippen molar-refractivity contribution in [2.45, 2.75) is 26.3 Å². The number of alkyl halides is 1. The van der Waals surface area contributed by atoms with Crippen LogP contribution in [-0.2, 0) is 6.54 Å². The van der Waals surface area contributed by atoms with Crippen molar-refractivity contribution < 1.29 is 4.92 Å². The number of aromatic nitrogens is 3. The zero-order valence-electron chi connectivity index (χ0n) is 8.47. The van der Waals surface area contributed by atoms with E-state index in [0.717, 1.165) is 18.2 Å². The van der Waals surface area contributed by atoms with Gasteiger partial charge in [-0.15, -0.1) is 0 Å². The molecule has 6 nitrogen and oxygen atoms in total. The van der Waals surface area contributed by atoms with Gasteiger partial charge in [-0.2, -0.15) is 4.68 Å². The van der Waals surface area contributed by atoms with E-state index in [9.17, 15) is 10.1 Å². The summed E-state index contributed by atoms with van der Waals surface area (Å²) in [6.07, 6.45) is 3.45. The lowest BCUT2D eigenvalue weighted by Crippen LogP contribution is -2.05. The van der Waals surface area contributed by atoms with Gasteiger partial charge in [-0.25, -0.2) is 0 Å². The maximum atomic E-state index is 10.3. The molecule has 0 N–H and O–H groups in total. The summed E-state index contributed by atoms with van der Waals surface area (Å²) in [5, 5.41) is 15.0. The van der Waals surface area contributed by atoms with Gasteiger partial charge in [-0.1, -0.05) is 27.8 Å². The highest BCUT2D eigenvalue weighted by atomic mass is 79.9. The minimum Gasteiger partial charge on any atom is -0.390 e. The molecule has 0 spiro atoms. The fraction of sp³-hybridized carbons (Fsp3) is 0.750. The van der Waals surface area contributed by atoms with Crippen LogP contribution in [0.4, 0.5) is 5.95 Å². The molecule has 0 aliphatic rings. The van der Waals surface area contributed by atoms with Crippen LogP contribution < -0.4 is 0 Å². The van der Waals surface area contributed by atoms with Gasteiger partial charge in [0.2, 0.25) is 6.33 Å². The first-order valence-corrected chi connectivity index (χ1v) is 5.85. The standard InChI is InChI=1S/C8H13BrN4O2/c1-7(2-4-9)3-5-12-6-10-8(11-12)13(14)15/h6-7H,2-5H2,1H3. The maximum absolute atomic E-state index is 10.3. The number of nitro groups is 1. The van der Waals surface area contributed by atoms with Crippen molar-refractivity contribution in [1.82, 2.24) is 14.8 Å². The largest absolute Gasteiger partial charge is 0.490 e. The SMILES string of the molecule is CC(CCBr)CCn1cnc([N+](=O)[O-])n1. The van der Waals surface area contributed by atoms with Crippen molar-refractivity contribution >= 4 is 21.9 Å². The molecule has 0 aromatic carbocycles. The third-order valence-corrected chi connectivity index (χ3v) is 2.60. The van der Waals surface area contributed by atoms with E-state index in [2.05, 4.69) is 32.9 Å². The third-order valence-electron chi connectivity index (χ3n) is 2.14. The predicted octanol–water partition coefficient (Wildman–Crippen LogP) is 2.00. The van der Waals surface area contributed by atoms with Gasteiger partial charge < -0.3 is 10.1 Å². The van der Waals surface area contributed by atoms with Crippen LogP contribution >= 0.6 is 15.9 Å². The van der Waals surface area contributed by atoms with Crippen LogP contribution in [0.15, 0.2) is 6.33 Å².